The lowest BCUT2D eigenvalue weighted by Crippen LogP contribution is -2.46. The average Bonchev–Trinajstić information content (AvgIpc) is 3.55. The number of nitrogens with one attached hydrogen (secondary N) is 3. The van der Waals surface area contributed by atoms with Gasteiger partial charge in [0.25, 0.3) is 5.91 Å². The summed E-state index contributed by atoms with van der Waals surface area (Å²) in [6.45, 7) is 3.56. The molecule has 13 heteroatoms. The van der Waals surface area contributed by atoms with Crippen LogP contribution in [0.2, 0.25) is 5.02 Å². The summed E-state index contributed by atoms with van der Waals surface area (Å²) in [5.74, 6) is 1.26. The van der Waals surface area contributed by atoms with Crippen molar-refractivity contribution in [3.8, 4) is 22.6 Å². The highest BCUT2D eigenvalue weighted by Gasteiger charge is 2.44. The molecule has 3 aliphatic rings. The molecule has 1 spiro atoms. The highest BCUT2D eigenvalue weighted by molar-refractivity contribution is 6.45. The van der Waals surface area contributed by atoms with E-state index in [2.05, 4.69) is 11.4 Å². The van der Waals surface area contributed by atoms with Gasteiger partial charge in [0.05, 0.1) is 31.5 Å². The molecule has 0 unspecified atom stereocenters. The molecule has 0 saturated carbocycles. The van der Waals surface area contributed by atoms with E-state index in [0.717, 1.165) is 53.9 Å². The number of amides is 2. The number of likely N-dealkylation sites (tertiary alicyclic amines) is 1. The Morgan fingerprint density at radius 1 is 0.966 bits per heavy atom. The van der Waals surface area contributed by atoms with Crippen molar-refractivity contribution < 1.29 is 24.1 Å². The van der Waals surface area contributed by atoms with Crippen molar-refractivity contribution in [3.63, 3.8) is 0 Å². The molecule has 297 valence electrons. The number of hydrogen-bond donors (Lipinski definition) is 4. The summed E-state index contributed by atoms with van der Waals surface area (Å²) in [6, 6.07) is 32.9. The normalized spacial score (nSPS) is 16.6. The Morgan fingerprint density at radius 2 is 1.71 bits per heavy atom. The topological polar surface area (TPSA) is 151 Å². The first kappa shape index (κ1) is 39.6. The minimum Gasteiger partial charge on any atom is -0.497 e. The molecular formula is C46H43BClN6O5. The van der Waals surface area contributed by atoms with Crippen LogP contribution in [0.15, 0.2) is 114 Å². The number of anilines is 1. The number of piperidine rings is 1. The first-order valence-electron chi connectivity index (χ1n) is 19.5. The zero-order valence-electron chi connectivity index (χ0n) is 32.8. The molecule has 5 aromatic rings. The van der Waals surface area contributed by atoms with Crippen LogP contribution >= 0.6 is 11.6 Å². The van der Waals surface area contributed by atoms with Crippen molar-refractivity contribution in [1.82, 2.24) is 10.2 Å². The number of carbonyl (C=O) groups excluding carboxylic acids is 2. The molecule has 8 rings (SSSR count). The van der Waals surface area contributed by atoms with E-state index in [1.54, 1.807) is 38.3 Å². The number of methoxy groups -OCH3 is 1. The highest BCUT2D eigenvalue weighted by Crippen LogP contribution is 2.46. The van der Waals surface area contributed by atoms with E-state index in [-0.39, 0.29) is 41.9 Å². The Morgan fingerprint density at radius 3 is 2.44 bits per heavy atom. The van der Waals surface area contributed by atoms with E-state index in [9.17, 15) is 20.0 Å². The van der Waals surface area contributed by atoms with Gasteiger partial charge in [-0.15, -0.1) is 0 Å². The second kappa shape index (κ2) is 16.6. The molecule has 3 heterocycles. The first-order chi connectivity index (χ1) is 28.6. The van der Waals surface area contributed by atoms with E-state index >= 15 is 0 Å². The molecular weight excluding hydrogens is 763 g/mol. The van der Waals surface area contributed by atoms with Crippen molar-refractivity contribution in [2.45, 2.75) is 44.2 Å². The Labute approximate surface area is 348 Å². The maximum absolute atomic E-state index is 13.7. The lowest BCUT2D eigenvalue weighted by Gasteiger charge is -2.38. The van der Waals surface area contributed by atoms with E-state index in [1.807, 2.05) is 83.8 Å². The average molecular weight is 806 g/mol. The number of ether oxygens (including phenoxy) is 2. The van der Waals surface area contributed by atoms with Crippen molar-refractivity contribution in [1.29, 1.82) is 10.8 Å². The van der Waals surface area contributed by atoms with Gasteiger partial charge < -0.3 is 24.7 Å². The van der Waals surface area contributed by atoms with E-state index in [1.165, 1.54) is 4.90 Å². The van der Waals surface area contributed by atoms with Gasteiger partial charge in [-0.2, -0.15) is 0 Å². The monoisotopic (exact) mass is 805 g/mol. The third-order valence-electron chi connectivity index (χ3n) is 11.5. The molecule has 11 nitrogen and oxygen atoms in total. The van der Waals surface area contributed by atoms with Crippen LogP contribution in [0.1, 0.15) is 58.8 Å². The quantitative estimate of drug-likeness (QED) is 0.0757. The summed E-state index contributed by atoms with van der Waals surface area (Å²) in [5, 5.41) is 30.9. The number of aliphatic imine (C=N–C) groups is 1. The molecule has 1 radical (unpaired) electrons. The fourth-order valence-electron chi connectivity index (χ4n) is 8.27. The van der Waals surface area contributed by atoms with Gasteiger partial charge in [0.15, 0.2) is 0 Å². The van der Waals surface area contributed by atoms with Gasteiger partial charge in [0.1, 0.15) is 29.2 Å². The summed E-state index contributed by atoms with van der Waals surface area (Å²) < 4.78 is 11.7. The molecule has 1 atom stereocenters. The van der Waals surface area contributed by atoms with Crippen molar-refractivity contribution in [3.05, 3.63) is 142 Å². The first-order valence-corrected chi connectivity index (χ1v) is 19.9. The fraction of sp³-hybridized carbons (Fsp3) is 0.239. The zero-order valence-corrected chi connectivity index (χ0v) is 33.6. The number of nitrogens with zero attached hydrogens (tertiary/aromatic N) is 3. The van der Waals surface area contributed by atoms with Crippen LogP contribution in [0.25, 0.3) is 11.1 Å². The van der Waals surface area contributed by atoms with Crippen molar-refractivity contribution in [2.24, 2.45) is 4.99 Å². The SMILES string of the molecule is COc1ccc2c(c1)C(c1ccc(Cl)cc1)=N[C@@H](CC(=O)NCc1ccc3c(c1)C1(CCN(C(=O)c4cccc(-c5cccc([B]O)c5)c4)CC1)CO3)C(=N)N2C(C)=N. The van der Waals surface area contributed by atoms with E-state index in [4.69, 9.17) is 31.5 Å². The smallest absolute Gasteiger partial charge is 0.326 e. The molecule has 1 fully saturated rings. The molecule has 0 aromatic heterocycles. The molecule has 1 saturated heterocycles. The lowest BCUT2D eigenvalue weighted by molar-refractivity contribution is -0.121. The largest absolute Gasteiger partial charge is 0.497 e. The Hall–Kier alpha value is -6.24. The number of rotatable bonds is 9. The molecule has 0 aliphatic carbocycles. The van der Waals surface area contributed by atoms with Crippen molar-refractivity contribution >= 4 is 59.4 Å². The molecule has 4 N–H and O–H groups in total. The number of benzodiazepines with no additional fused rings is 1. The van der Waals surface area contributed by atoms with Crippen LogP contribution in [0.5, 0.6) is 11.5 Å². The van der Waals surface area contributed by atoms with Crippen LogP contribution in [0.3, 0.4) is 0 Å². The van der Waals surface area contributed by atoms with Crippen LogP contribution in [-0.2, 0) is 16.8 Å². The van der Waals surface area contributed by atoms with E-state index in [0.29, 0.717) is 58.5 Å². The second-order valence-corrected chi connectivity index (χ2v) is 15.6. The summed E-state index contributed by atoms with van der Waals surface area (Å²) in [5.41, 5.74) is 7.49. The summed E-state index contributed by atoms with van der Waals surface area (Å²) in [6.07, 6.45) is 1.37. The Bertz CT molecular complexity index is 2500. The maximum atomic E-state index is 13.7. The number of amidine groups is 2. The maximum Gasteiger partial charge on any atom is 0.326 e. The molecule has 59 heavy (non-hydrogen) atoms. The van der Waals surface area contributed by atoms with Crippen LogP contribution in [-0.4, -0.2) is 79.5 Å². The predicted octanol–water partition coefficient (Wildman–Crippen LogP) is 6.53. The van der Waals surface area contributed by atoms with Crippen molar-refractivity contribution in [2.75, 3.05) is 31.7 Å². The van der Waals surface area contributed by atoms with Crippen LogP contribution in [0.4, 0.5) is 5.69 Å². The minimum atomic E-state index is -0.887. The van der Waals surface area contributed by atoms with Gasteiger partial charge in [0.2, 0.25) is 5.91 Å². The summed E-state index contributed by atoms with van der Waals surface area (Å²) >= 11 is 6.23. The predicted molar refractivity (Wildman–Crippen MR) is 232 cm³/mol. The molecule has 2 amide bonds. The van der Waals surface area contributed by atoms with Gasteiger partial charge in [-0.05, 0) is 91.1 Å². The number of benzene rings is 5. The van der Waals surface area contributed by atoms with Crippen LogP contribution < -0.4 is 25.2 Å². The lowest BCUT2D eigenvalue weighted by atomic mass is 9.74. The summed E-state index contributed by atoms with van der Waals surface area (Å²) in [7, 11) is 2.65. The highest BCUT2D eigenvalue weighted by atomic mass is 35.5. The fourth-order valence-corrected chi connectivity index (χ4v) is 8.39. The van der Waals surface area contributed by atoms with Gasteiger partial charge in [-0.25, -0.2) is 0 Å². The Balaban J connectivity index is 0.957. The molecule has 0 bridgehead atoms. The number of hydrogen-bond acceptors (Lipinski definition) is 8. The molecule has 3 aliphatic heterocycles. The summed E-state index contributed by atoms with van der Waals surface area (Å²) in [4.78, 5) is 35.9. The van der Waals surface area contributed by atoms with Crippen LogP contribution in [0, 0.1) is 10.8 Å². The van der Waals surface area contributed by atoms with Gasteiger partial charge in [-0.3, -0.25) is 30.3 Å². The standard InChI is InChI=1S/C46H43BClN6O5/c1-28(49)54-40-15-14-36(58-2)24-37(40)43(30-10-12-35(48)13-11-30)52-39(44(54)50)25-42(55)51-26-29-9-16-41-38(21-29)46(27-59-41)17-19-53(20-18-46)45(56)33-7-3-5-31(22-33)32-6-4-8-34(23-32)47-57/h3-16,21-24,39,49-50,57H,17-20,25-27H2,1-2H3,(H,51,55)/t39-/m0/s1. The third-order valence-corrected chi connectivity index (χ3v) is 11.7. The third kappa shape index (κ3) is 7.98. The number of carbonyl (C=O) groups is 2. The minimum absolute atomic E-state index is 0.0174. The van der Waals surface area contributed by atoms with E-state index < -0.39 is 6.04 Å². The molecule has 5 aromatic carbocycles. The number of halogens is 1. The second-order valence-electron chi connectivity index (χ2n) is 15.2. The Kier molecular flexibility index (Phi) is 11.1. The van der Waals surface area contributed by atoms with Gasteiger partial charge >= 0.3 is 7.48 Å². The van der Waals surface area contributed by atoms with Gasteiger partial charge in [0, 0.05) is 52.3 Å². The number of fused-ring (bicyclic) bond motifs is 3. The van der Waals surface area contributed by atoms with Gasteiger partial charge in [-0.1, -0.05) is 71.7 Å². The zero-order chi connectivity index (χ0) is 41.3.